The van der Waals surface area contributed by atoms with Gasteiger partial charge in [-0.15, -0.1) is 24.0 Å². The van der Waals surface area contributed by atoms with Gasteiger partial charge in [0.15, 0.2) is 5.96 Å². The lowest BCUT2D eigenvalue weighted by Crippen LogP contribution is -2.35. The van der Waals surface area contributed by atoms with Crippen molar-refractivity contribution in [3.05, 3.63) is 29.8 Å². The summed E-state index contributed by atoms with van der Waals surface area (Å²) in [7, 11) is 9.64. The van der Waals surface area contributed by atoms with Crippen molar-refractivity contribution < 1.29 is 4.74 Å². The lowest BCUT2D eigenvalue weighted by atomic mass is 10.2. The molecule has 0 N–H and O–H groups in total. The number of rotatable bonds is 3. The zero-order valence-corrected chi connectivity index (χ0v) is 14.0. The molecule has 0 aliphatic carbocycles. The predicted octanol–water partition coefficient (Wildman–Crippen LogP) is 2.29. The fraction of sp³-hybridized carbons (Fsp3) is 0.462. The Morgan fingerprint density at radius 2 is 1.56 bits per heavy atom. The smallest absolute Gasteiger partial charge is 0.195 e. The van der Waals surface area contributed by atoms with E-state index < -0.39 is 0 Å². The summed E-state index contributed by atoms with van der Waals surface area (Å²) in [5.41, 5.74) is 1.17. The number of benzene rings is 1. The van der Waals surface area contributed by atoms with Gasteiger partial charge in [0, 0.05) is 28.2 Å². The summed E-state index contributed by atoms with van der Waals surface area (Å²) in [6.07, 6.45) is 0. The molecule has 0 radical (unpaired) electrons. The Bertz CT molecular complexity index is 364. The second-order valence-corrected chi connectivity index (χ2v) is 4.25. The molecule has 1 aromatic carbocycles. The van der Waals surface area contributed by atoms with Crippen LogP contribution in [0.5, 0.6) is 5.75 Å². The molecule has 0 amide bonds. The minimum atomic E-state index is 0. The van der Waals surface area contributed by atoms with Crippen LogP contribution in [0.4, 0.5) is 0 Å². The maximum Gasteiger partial charge on any atom is 0.195 e. The average molecular weight is 363 g/mol. The van der Waals surface area contributed by atoms with Crippen LogP contribution in [0.3, 0.4) is 0 Å². The highest BCUT2D eigenvalue weighted by Gasteiger charge is 2.03. The lowest BCUT2D eigenvalue weighted by molar-refractivity contribution is 0.414. The number of halogens is 1. The highest BCUT2D eigenvalue weighted by Crippen LogP contribution is 2.12. The van der Waals surface area contributed by atoms with Crippen LogP contribution in [0, 0.1) is 0 Å². The van der Waals surface area contributed by atoms with Gasteiger partial charge in [0.05, 0.1) is 13.7 Å². The number of aliphatic imine (C=N–C) groups is 1. The summed E-state index contributed by atoms with van der Waals surface area (Å²) >= 11 is 0. The van der Waals surface area contributed by atoms with Crippen molar-refractivity contribution >= 4 is 29.9 Å². The number of guanidine groups is 1. The van der Waals surface area contributed by atoms with Gasteiger partial charge < -0.3 is 14.5 Å². The zero-order valence-electron chi connectivity index (χ0n) is 11.7. The lowest BCUT2D eigenvalue weighted by Gasteiger charge is -2.22. The van der Waals surface area contributed by atoms with Crippen LogP contribution >= 0.6 is 24.0 Å². The van der Waals surface area contributed by atoms with Crippen molar-refractivity contribution in [2.24, 2.45) is 4.99 Å². The summed E-state index contributed by atoms with van der Waals surface area (Å²) in [5.74, 6) is 1.83. The van der Waals surface area contributed by atoms with Crippen LogP contribution in [0.15, 0.2) is 29.3 Å². The van der Waals surface area contributed by atoms with Gasteiger partial charge >= 0.3 is 0 Å². The molecule has 0 heterocycles. The van der Waals surface area contributed by atoms with E-state index in [2.05, 4.69) is 4.99 Å². The molecule has 0 fully saturated rings. The van der Waals surface area contributed by atoms with Crippen molar-refractivity contribution in [1.29, 1.82) is 0 Å². The zero-order chi connectivity index (χ0) is 12.8. The van der Waals surface area contributed by atoms with Crippen LogP contribution in [0.25, 0.3) is 0 Å². The largest absolute Gasteiger partial charge is 0.497 e. The normalized spacial score (nSPS) is 9.17. The minimum Gasteiger partial charge on any atom is -0.497 e. The molecule has 0 aliphatic rings. The van der Waals surface area contributed by atoms with E-state index in [0.717, 1.165) is 11.7 Å². The highest BCUT2D eigenvalue weighted by molar-refractivity contribution is 14.0. The topological polar surface area (TPSA) is 28.1 Å². The van der Waals surface area contributed by atoms with Gasteiger partial charge in [-0.3, -0.25) is 0 Å². The third kappa shape index (κ3) is 5.12. The molecule has 0 saturated heterocycles. The molecule has 0 atom stereocenters. The maximum atomic E-state index is 5.12. The number of nitrogens with zero attached hydrogens (tertiary/aromatic N) is 3. The number of hydrogen-bond donors (Lipinski definition) is 0. The van der Waals surface area contributed by atoms with Crippen molar-refractivity contribution in [2.75, 3.05) is 35.3 Å². The molecule has 18 heavy (non-hydrogen) atoms. The molecule has 0 aromatic heterocycles. The molecule has 1 aromatic rings. The van der Waals surface area contributed by atoms with Crippen molar-refractivity contribution in [3.63, 3.8) is 0 Å². The molecule has 4 nitrogen and oxygen atoms in total. The second kappa shape index (κ2) is 8.18. The molecule has 0 saturated carbocycles. The third-order valence-electron chi connectivity index (χ3n) is 2.36. The second-order valence-electron chi connectivity index (χ2n) is 4.25. The number of ether oxygens (including phenoxy) is 1. The minimum absolute atomic E-state index is 0. The molecule has 5 heteroatoms. The standard InChI is InChI=1S/C13H21N3O.HI/c1-15(2)13(16(3)4)14-10-11-6-8-12(17-5)9-7-11;/h6-9H,10H2,1-5H3;1H. The fourth-order valence-electron chi connectivity index (χ4n) is 1.58. The molecule has 0 unspecified atom stereocenters. The van der Waals surface area contributed by atoms with Gasteiger partial charge in [0.25, 0.3) is 0 Å². The summed E-state index contributed by atoms with van der Waals surface area (Å²) < 4.78 is 5.12. The first-order valence-electron chi connectivity index (χ1n) is 5.56. The Hall–Kier alpha value is -0.980. The molecule has 102 valence electrons. The first-order valence-corrected chi connectivity index (χ1v) is 5.56. The quantitative estimate of drug-likeness (QED) is 0.469. The summed E-state index contributed by atoms with van der Waals surface area (Å²) in [6, 6.07) is 7.97. The van der Waals surface area contributed by atoms with E-state index in [0.29, 0.717) is 6.54 Å². The highest BCUT2D eigenvalue weighted by atomic mass is 127. The maximum absolute atomic E-state index is 5.12. The Morgan fingerprint density at radius 1 is 1.06 bits per heavy atom. The van der Waals surface area contributed by atoms with E-state index >= 15 is 0 Å². The van der Waals surface area contributed by atoms with Crippen molar-refractivity contribution in [3.8, 4) is 5.75 Å². The summed E-state index contributed by atoms with van der Waals surface area (Å²) in [5, 5.41) is 0. The SMILES string of the molecule is COc1ccc(CN=C(N(C)C)N(C)C)cc1.I. The fourth-order valence-corrected chi connectivity index (χ4v) is 1.58. The van der Waals surface area contributed by atoms with Gasteiger partial charge in [-0.25, -0.2) is 4.99 Å². The first-order chi connectivity index (χ1) is 8.04. The average Bonchev–Trinajstić information content (AvgIpc) is 2.29. The molecular formula is C13H22IN3O. The Kier molecular flexibility index (Phi) is 7.73. The molecule has 0 bridgehead atoms. The number of hydrogen-bond acceptors (Lipinski definition) is 2. The third-order valence-corrected chi connectivity index (χ3v) is 2.36. The molecule has 0 spiro atoms. The van der Waals surface area contributed by atoms with Crippen LogP contribution in [-0.2, 0) is 6.54 Å². The van der Waals surface area contributed by atoms with Gasteiger partial charge in [-0.2, -0.15) is 0 Å². The Morgan fingerprint density at radius 3 is 1.94 bits per heavy atom. The van der Waals surface area contributed by atoms with Gasteiger partial charge in [-0.05, 0) is 17.7 Å². The Labute approximate surface area is 127 Å². The molecular weight excluding hydrogens is 341 g/mol. The van der Waals surface area contributed by atoms with E-state index in [-0.39, 0.29) is 24.0 Å². The van der Waals surface area contributed by atoms with Crippen molar-refractivity contribution in [1.82, 2.24) is 9.80 Å². The molecule has 1 rings (SSSR count). The van der Waals surface area contributed by atoms with E-state index in [9.17, 15) is 0 Å². The monoisotopic (exact) mass is 363 g/mol. The first kappa shape index (κ1) is 17.0. The van der Waals surface area contributed by atoms with Gasteiger partial charge in [0.1, 0.15) is 5.75 Å². The Balaban J connectivity index is 0.00000289. The van der Waals surface area contributed by atoms with E-state index in [1.807, 2.05) is 62.3 Å². The van der Waals surface area contributed by atoms with Crippen LogP contribution in [-0.4, -0.2) is 51.1 Å². The predicted molar refractivity (Wildman–Crippen MR) is 86.9 cm³/mol. The van der Waals surface area contributed by atoms with E-state index in [1.54, 1.807) is 7.11 Å². The van der Waals surface area contributed by atoms with Crippen LogP contribution in [0.2, 0.25) is 0 Å². The van der Waals surface area contributed by atoms with Crippen molar-refractivity contribution in [2.45, 2.75) is 6.54 Å². The van der Waals surface area contributed by atoms with Gasteiger partial charge in [0.2, 0.25) is 0 Å². The number of methoxy groups -OCH3 is 1. The summed E-state index contributed by atoms with van der Waals surface area (Å²) in [6.45, 7) is 0.676. The summed E-state index contributed by atoms with van der Waals surface area (Å²) in [4.78, 5) is 8.58. The van der Waals surface area contributed by atoms with E-state index in [4.69, 9.17) is 4.74 Å². The van der Waals surface area contributed by atoms with E-state index in [1.165, 1.54) is 5.56 Å². The van der Waals surface area contributed by atoms with Gasteiger partial charge in [-0.1, -0.05) is 12.1 Å². The molecule has 0 aliphatic heterocycles. The van der Waals surface area contributed by atoms with Crippen LogP contribution in [0.1, 0.15) is 5.56 Å². The van der Waals surface area contributed by atoms with Crippen LogP contribution < -0.4 is 4.74 Å².